The van der Waals surface area contributed by atoms with Crippen molar-refractivity contribution < 1.29 is 19.0 Å². The largest absolute Gasteiger partial charge is 0.394 e. The van der Waals surface area contributed by atoms with Gasteiger partial charge in [-0.15, -0.1) is 0 Å². The molecular weight excluding hydrogens is 523 g/mol. The molecule has 0 saturated carbocycles. The number of morpholine rings is 1. The molecule has 210 valence electrons. The third-order valence-electron chi connectivity index (χ3n) is 7.21. The van der Waals surface area contributed by atoms with Crippen molar-refractivity contribution in [2.75, 3.05) is 51.3 Å². The van der Waals surface area contributed by atoms with Gasteiger partial charge in [-0.25, -0.2) is 9.37 Å². The number of nitrogens with one attached hydrogen (secondary N) is 1. The van der Waals surface area contributed by atoms with E-state index in [-0.39, 0.29) is 29.0 Å². The Bertz CT molecular complexity index is 1380. The number of hydrogen-bond acceptors (Lipinski definition) is 7. The van der Waals surface area contributed by atoms with Crippen molar-refractivity contribution in [2.45, 2.75) is 39.7 Å². The van der Waals surface area contributed by atoms with E-state index >= 15 is 0 Å². The Balaban J connectivity index is 1.79. The Labute approximate surface area is 232 Å². The summed E-state index contributed by atoms with van der Waals surface area (Å²) in [6.45, 7) is 10.5. The molecule has 8 nitrogen and oxygen atoms in total. The third-order valence-corrected chi connectivity index (χ3v) is 7.50. The maximum Gasteiger partial charge on any atom is 0.201 e. The molecule has 0 radical (unpaired) electrons. The molecule has 1 fully saturated rings. The minimum atomic E-state index is -0.523. The van der Waals surface area contributed by atoms with Gasteiger partial charge in [0.25, 0.3) is 0 Å². The van der Waals surface area contributed by atoms with Gasteiger partial charge < -0.3 is 19.7 Å². The number of fused-ring (bicyclic) bond motifs is 1. The molecule has 3 heterocycles. The predicted octanol–water partition coefficient (Wildman–Crippen LogP) is 4.31. The minimum Gasteiger partial charge on any atom is -0.394 e. The molecule has 0 spiro atoms. The highest BCUT2D eigenvalue weighted by Crippen LogP contribution is 2.33. The number of pyridine rings is 2. The minimum absolute atomic E-state index is 0.0165. The van der Waals surface area contributed by atoms with Crippen molar-refractivity contribution in [2.24, 2.45) is 5.41 Å². The van der Waals surface area contributed by atoms with Gasteiger partial charge in [0.2, 0.25) is 5.43 Å². The number of anilines is 1. The van der Waals surface area contributed by atoms with E-state index in [1.807, 2.05) is 20.8 Å². The molecular formula is C29H36ClFN4O4. The van der Waals surface area contributed by atoms with E-state index in [1.54, 1.807) is 22.8 Å². The SMILES string of the molecule is CC(C)(C)[C@@H](CO)n1cc(C=O)c(=O)c2cc(Cc3cccc(Cl)c3F)c(NCCCN3CCOCC3)nc21. The zero-order valence-electron chi connectivity index (χ0n) is 22.7. The van der Waals surface area contributed by atoms with Crippen molar-refractivity contribution in [1.29, 1.82) is 0 Å². The first-order valence-electron chi connectivity index (χ1n) is 13.3. The van der Waals surface area contributed by atoms with Gasteiger partial charge >= 0.3 is 0 Å². The maximum absolute atomic E-state index is 14.9. The number of aromatic nitrogens is 2. The van der Waals surface area contributed by atoms with Crippen LogP contribution >= 0.6 is 11.6 Å². The van der Waals surface area contributed by atoms with Gasteiger partial charge in [0, 0.05) is 32.3 Å². The zero-order valence-corrected chi connectivity index (χ0v) is 23.4. The summed E-state index contributed by atoms with van der Waals surface area (Å²) in [6, 6.07) is 6.04. The van der Waals surface area contributed by atoms with Gasteiger partial charge in [-0.1, -0.05) is 44.5 Å². The maximum atomic E-state index is 14.9. The van der Waals surface area contributed by atoms with E-state index in [0.717, 1.165) is 39.3 Å². The molecule has 4 rings (SSSR count). The van der Waals surface area contributed by atoms with Crippen LogP contribution in [-0.2, 0) is 11.2 Å². The molecule has 1 atom stereocenters. The van der Waals surface area contributed by atoms with Crippen LogP contribution in [0.2, 0.25) is 5.02 Å². The van der Waals surface area contributed by atoms with Crippen LogP contribution in [0, 0.1) is 11.2 Å². The second kappa shape index (κ2) is 12.6. The Morgan fingerprint density at radius 3 is 2.67 bits per heavy atom. The fourth-order valence-electron chi connectivity index (χ4n) is 4.95. The van der Waals surface area contributed by atoms with E-state index in [4.69, 9.17) is 21.3 Å². The van der Waals surface area contributed by atoms with Crippen molar-refractivity contribution in [3.63, 3.8) is 0 Å². The second-order valence-corrected chi connectivity index (χ2v) is 11.4. The number of carbonyl (C=O) groups is 1. The summed E-state index contributed by atoms with van der Waals surface area (Å²) >= 11 is 6.03. The summed E-state index contributed by atoms with van der Waals surface area (Å²) in [7, 11) is 0. The molecule has 1 aromatic carbocycles. The highest BCUT2D eigenvalue weighted by Gasteiger charge is 2.28. The van der Waals surface area contributed by atoms with Gasteiger partial charge in [-0.2, -0.15) is 0 Å². The number of aliphatic hydroxyl groups is 1. The molecule has 1 aliphatic heterocycles. The first-order valence-corrected chi connectivity index (χ1v) is 13.6. The topological polar surface area (TPSA) is 96.7 Å². The first kappa shape index (κ1) is 29.1. The predicted molar refractivity (Wildman–Crippen MR) is 152 cm³/mol. The highest BCUT2D eigenvalue weighted by atomic mass is 35.5. The van der Waals surface area contributed by atoms with Crippen LogP contribution in [0.5, 0.6) is 0 Å². The molecule has 10 heteroatoms. The Kier molecular flexibility index (Phi) is 9.38. The lowest BCUT2D eigenvalue weighted by atomic mass is 9.86. The van der Waals surface area contributed by atoms with Gasteiger partial charge in [0.05, 0.1) is 41.8 Å². The van der Waals surface area contributed by atoms with E-state index < -0.39 is 22.7 Å². The summed E-state index contributed by atoms with van der Waals surface area (Å²) in [4.78, 5) is 32.3. The van der Waals surface area contributed by atoms with Crippen LogP contribution in [0.15, 0.2) is 35.3 Å². The van der Waals surface area contributed by atoms with Crippen molar-refractivity contribution >= 4 is 34.7 Å². The second-order valence-electron chi connectivity index (χ2n) is 11.0. The van der Waals surface area contributed by atoms with Crippen LogP contribution < -0.4 is 10.7 Å². The van der Waals surface area contributed by atoms with Gasteiger partial charge in [0.1, 0.15) is 17.3 Å². The average molecular weight is 559 g/mol. The summed E-state index contributed by atoms with van der Waals surface area (Å²) < 4.78 is 22.0. The fourth-order valence-corrected chi connectivity index (χ4v) is 5.14. The van der Waals surface area contributed by atoms with E-state index in [9.17, 15) is 19.1 Å². The summed E-state index contributed by atoms with van der Waals surface area (Å²) in [6.07, 6.45) is 2.98. The first-order chi connectivity index (χ1) is 18.6. The Morgan fingerprint density at radius 2 is 2.00 bits per heavy atom. The lowest BCUT2D eigenvalue weighted by molar-refractivity contribution is 0.0378. The van der Waals surface area contributed by atoms with Crippen LogP contribution in [0.1, 0.15) is 54.7 Å². The number of nitrogens with zero attached hydrogens (tertiary/aromatic N) is 3. The van der Waals surface area contributed by atoms with Crippen LogP contribution in [-0.4, -0.2) is 71.8 Å². The van der Waals surface area contributed by atoms with Crippen molar-refractivity contribution in [3.05, 3.63) is 68.2 Å². The molecule has 3 aromatic rings. The Morgan fingerprint density at radius 1 is 1.26 bits per heavy atom. The van der Waals surface area contributed by atoms with Crippen molar-refractivity contribution in [3.8, 4) is 0 Å². The van der Waals surface area contributed by atoms with E-state index in [1.165, 1.54) is 12.3 Å². The number of aldehydes is 1. The highest BCUT2D eigenvalue weighted by molar-refractivity contribution is 6.30. The van der Waals surface area contributed by atoms with Crippen LogP contribution in [0.3, 0.4) is 0 Å². The smallest absolute Gasteiger partial charge is 0.201 e. The zero-order chi connectivity index (χ0) is 28.2. The quantitative estimate of drug-likeness (QED) is 0.283. The number of ether oxygens (including phenoxy) is 1. The van der Waals surface area contributed by atoms with Crippen LogP contribution in [0.4, 0.5) is 10.2 Å². The lowest BCUT2D eigenvalue weighted by Gasteiger charge is -2.32. The number of benzene rings is 1. The molecule has 1 aliphatic rings. The molecule has 39 heavy (non-hydrogen) atoms. The van der Waals surface area contributed by atoms with E-state index in [2.05, 4.69) is 10.2 Å². The van der Waals surface area contributed by atoms with Gasteiger partial charge in [-0.3, -0.25) is 14.5 Å². The number of aliphatic hydroxyl groups excluding tert-OH is 1. The number of rotatable bonds is 10. The molecule has 1 saturated heterocycles. The van der Waals surface area contributed by atoms with Crippen LogP contribution in [0.25, 0.3) is 11.0 Å². The molecule has 2 aromatic heterocycles. The molecule has 0 amide bonds. The number of hydrogen-bond donors (Lipinski definition) is 2. The summed E-state index contributed by atoms with van der Waals surface area (Å²) in [5.41, 5.74) is 0.449. The normalized spacial score (nSPS) is 15.4. The van der Waals surface area contributed by atoms with Gasteiger partial charge in [0.15, 0.2) is 6.29 Å². The lowest BCUT2D eigenvalue weighted by Crippen LogP contribution is -2.37. The molecule has 0 bridgehead atoms. The monoisotopic (exact) mass is 558 g/mol. The van der Waals surface area contributed by atoms with E-state index in [0.29, 0.717) is 35.4 Å². The molecule has 0 unspecified atom stereocenters. The average Bonchev–Trinajstić information content (AvgIpc) is 2.91. The Hall–Kier alpha value is -2.85. The fraction of sp³-hybridized carbons (Fsp3) is 0.483. The number of carbonyl (C=O) groups excluding carboxylic acids is 1. The van der Waals surface area contributed by atoms with Crippen molar-refractivity contribution in [1.82, 2.24) is 14.5 Å². The molecule has 0 aliphatic carbocycles. The summed E-state index contributed by atoms with van der Waals surface area (Å²) in [5, 5.41) is 13.9. The number of halogens is 2. The standard InChI is InChI=1S/C29H36ClFN4O4/c1-29(2,3)24(18-37)35-16-21(17-36)26(38)22-15-20(14-19-6-4-7-23(30)25(19)31)27(33-28(22)35)32-8-5-9-34-10-12-39-13-11-34/h4,6-7,15-17,24,37H,5,8-14,18H2,1-3H3,(H,32,33)/t24-/m1/s1. The molecule has 2 N–H and O–H groups in total. The third kappa shape index (κ3) is 6.66. The summed E-state index contributed by atoms with van der Waals surface area (Å²) in [5.74, 6) is -0.00823. The van der Waals surface area contributed by atoms with Gasteiger partial charge in [-0.05, 0) is 41.6 Å².